The summed E-state index contributed by atoms with van der Waals surface area (Å²) in [4.78, 5) is 12.0. The van der Waals surface area contributed by atoms with Crippen LogP contribution in [0.5, 0.6) is 0 Å². The molecule has 3 N–H and O–H groups in total. The fraction of sp³-hybridized carbons (Fsp3) is 0.650. The molecule has 1 unspecified atom stereocenters. The van der Waals surface area contributed by atoms with Gasteiger partial charge in [-0.05, 0) is 6.42 Å². The predicted octanol–water partition coefficient (Wildman–Crippen LogP) is 4.81. The van der Waals surface area contributed by atoms with Crippen molar-refractivity contribution in [2.75, 3.05) is 26.1 Å². The van der Waals surface area contributed by atoms with Crippen molar-refractivity contribution >= 4 is 11.7 Å². The van der Waals surface area contributed by atoms with Crippen LogP contribution in [-0.2, 0) is 9.47 Å². The van der Waals surface area contributed by atoms with Crippen molar-refractivity contribution in [3.8, 4) is 0 Å². The van der Waals surface area contributed by atoms with Gasteiger partial charge < -0.3 is 25.2 Å². The summed E-state index contributed by atoms with van der Waals surface area (Å²) >= 11 is 0. The maximum absolute atomic E-state index is 13.7. The lowest BCUT2D eigenvalue weighted by atomic mass is 9.97. The Labute approximate surface area is 178 Å². The number of methoxy groups -OCH3 is 2. The lowest BCUT2D eigenvalue weighted by molar-refractivity contribution is -0.367. The number of urea groups is 1. The van der Waals surface area contributed by atoms with E-state index in [2.05, 4.69) is 12.2 Å². The number of hydrogen-bond acceptors (Lipinski definition) is 4. The third-order valence-electron chi connectivity index (χ3n) is 4.96. The summed E-state index contributed by atoms with van der Waals surface area (Å²) in [5, 5.41) is 14.3. The summed E-state index contributed by atoms with van der Waals surface area (Å²) in [6.07, 6.45) is 6.21. The number of aliphatic hydroxyl groups is 1. The van der Waals surface area contributed by atoms with Crippen molar-refractivity contribution in [3.05, 3.63) is 29.1 Å². The molecule has 0 aliphatic carbocycles. The molecule has 0 radical (unpaired) electrons. The number of halogens is 5. The molecule has 1 rings (SSSR count). The van der Waals surface area contributed by atoms with Crippen LogP contribution >= 0.6 is 0 Å². The summed E-state index contributed by atoms with van der Waals surface area (Å²) < 4.78 is 77.0. The fourth-order valence-electron chi connectivity index (χ4n) is 3.09. The highest BCUT2D eigenvalue weighted by atomic mass is 19.2. The Hall–Kier alpha value is -1.98. The third kappa shape index (κ3) is 7.29. The van der Waals surface area contributed by atoms with Gasteiger partial charge in [-0.2, -0.15) is 0 Å². The molecule has 0 bridgehead atoms. The number of amides is 2. The number of carbonyl (C=O) groups excluding carboxylic acids is 1. The first-order valence-electron chi connectivity index (χ1n) is 10.0. The van der Waals surface area contributed by atoms with Gasteiger partial charge in [0.15, 0.2) is 23.3 Å². The van der Waals surface area contributed by atoms with Gasteiger partial charge in [-0.25, -0.2) is 26.7 Å². The second kappa shape index (κ2) is 12.8. The van der Waals surface area contributed by atoms with Crippen molar-refractivity contribution in [1.29, 1.82) is 0 Å². The maximum atomic E-state index is 13.7. The molecular formula is C20H29F5N2O4. The zero-order valence-electron chi connectivity index (χ0n) is 17.8. The minimum atomic E-state index is -2.33. The number of benzene rings is 1. The number of carbonyl (C=O) groups is 1. The molecule has 1 atom stereocenters. The predicted molar refractivity (Wildman–Crippen MR) is 104 cm³/mol. The molecule has 0 spiro atoms. The first-order chi connectivity index (χ1) is 14.6. The van der Waals surface area contributed by atoms with Gasteiger partial charge in [0.2, 0.25) is 5.82 Å². The molecule has 1 aromatic carbocycles. The summed E-state index contributed by atoms with van der Waals surface area (Å²) in [5.74, 6) is -13.8. The van der Waals surface area contributed by atoms with Crippen molar-refractivity contribution in [2.45, 2.75) is 57.8 Å². The largest absolute Gasteiger partial charge is 0.343 e. The maximum Gasteiger partial charge on any atom is 0.319 e. The lowest BCUT2D eigenvalue weighted by Gasteiger charge is -2.33. The first kappa shape index (κ1) is 27.1. The van der Waals surface area contributed by atoms with Crippen LogP contribution in [0.3, 0.4) is 0 Å². The quantitative estimate of drug-likeness (QED) is 0.131. The Morgan fingerprint density at radius 1 is 0.903 bits per heavy atom. The molecule has 0 saturated heterocycles. The van der Waals surface area contributed by atoms with Crippen LogP contribution in [0.4, 0.5) is 32.4 Å². The van der Waals surface area contributed by atoms with Crippen molar-refractivity contribution in [3.63, 3.8) is 0 Å². The molecule has 0 aliphatic heterocycles. The number of rotatable bonds is 13. The molecule has 2 amide bonds. The van der Waals surface area contributed by atoms with Gasteiger partial charge in [0.1, 0.15) is 5.69 Å². The zero-order chi connectivity index (χ0) is 23.6. The van der Waals surface area contributed by atoms with E-state index >= 15 is 0 Å². The highest BCUT2D eigenvalue weighted by Gasteiger charge is 2.37. The molecule has 178 valence electrons. The van der Waals surface area contributed by atoms with E-state index in [0.717, 1.165) is 32.1 Å². The van der Waals surface area contributed by atoms with E-state index in [-0.39, 0.29) is 6.54 Å². The Balaban J connectivity index is 2.78. The lowest BCUT2D eigenvalue weighted by Crippen LogP contribution is -2.48. The van der Waals surface area contributed by atoms with Crippen molar-refractivity contribution in [1.82, 2.24) is 5.32 Å². The second-order valence-corrected chi connectivity index (χ2v) is 7.07. The van der Waals surface area contributed by atoms with Gasteiger partial charge in [-0.1, -0.05) is 45.4 Å². The van der Waals surface area contributed by atoms with E-state index in [4.69, 9.17) is 9.47 Å². The molecule has 1 aromatic rings. The fourth-order valence-corrected chi connectivity index (χ4v) is 3.09. The Morgan fingerprint density at radius 2 is 1.39 bits per heavy atom. The molecule has 0 aromatic heterocycles. The molecule has 0 saturated carbocycles. The highest BCUT2D eigenvalue weighted by Crippen LogP contribution is 2.28. The van der Waals surface area contributed by atoms with Crippen LogP contribution in [-0.4, -0.2) is 37.9 Å². The SMILES string of the molecule is CCCCCCCCC(CNC(=O)Nc1c(F)c(F)c(F)c(F)c1F)C(O)(OC)OC. The Bertz CT molecular complexity index is 703. The van der Waals surface area contributed by atoms with Gasteiger partial charge in [0, 0.05) is 20.8 Å². The average molecular weight is 456 g/mol. The summed E-state index contributed by atoms with van der Waals surface area (Å²) in [5.41, 5.74) is -1.48. The first-order valence-corrected chi connectivity index (χ1v) is 10.0. The molecular weight excluding hydrogens is 427 g/mol. The van der Waals surface area contributed by atoms with E-state index < -0.39 is 52.7 Å². The molecule has 6 nitrogen and oxygen atoms in total. The smallest absolute Gasteiger partial charge is 0.319 e. The average Bonchev–Trinajstić information content (AvgIpc) is 2.77. The van der Waals surface area contributed by atoms with E-state index in [1.807, 2.05) is 0 Å². The van der Waals surface area contributed by atoms with Crippen molar-refractivity contribution < 1.29 is 41.3 Å². The monoisotopic (exact) mass is 456 g/mol. The van der Waals surface area contributed by atoms with Gasteiger partial charge in [-0.3, -0.25) is 0 Å². The molecule has 11 heteroatoms. The standard InChI is InChI=1S/C20H29F5N2O4/c1-4-5-6-7-8-9-10-12(20(29,30-2)31-3)11-26-19(28)27-18-16(24)14(22)13(21)15(23)17(18)25/h12,29H,4-11H2,1-3H3,(H2,26,27,28). The summed E-state index contributed by atoms with van der Waals surface area (Å²) in [6, 6.07) is -1.23. The van der Waals surface area contributed by atoms with Crippen LogP contribution in [0.1, 0.15) is 51.9 Å². The number of unbranched alkanes of at least 4 members (excludes halogenated alkanes) is 5. The van der Waals surface area contributed by atoms with E-state index in [1.54, 1.807) is 5.32 Å². The molecule has 0 fully saturated rings. The molecule has 0 aliphatic rings. The molecule has 0 heterocycles. The van der Waals surface area contributed by atoms with Crippen LogP contribution in [0.15, 0.2) is 0 Å². The zero-order valence-corrected chi connectivity index (χ0v) is 17.8. The minimum absolute atomic E-state index is 0.256. The van der Waals surface area contributed by atoms with Crippen LogP contribution in [0.2, 0.25) is 0 Å². The van der Waals surface area contributed by atoms with Crippen LogP contribution in [0.25, 0.3) is 0 Å². The second-order valence-electron chi connectivity index (χ2n) is 7.07. The van der Waals surface area contributed by atoms with Gasteiger partial charge >= 0.3 is 6.03 Å². The number of nitrogens with one attached hydrogen (secondary N) is 2. The molecule has 31 heavy (non-hydrogen) atoms. The van der Waals surface area contributed by atoms with Gasteiger partial charge in [-0.15, -0.1) is 0 Å². The third-order valence-corrected chi connectivity index (χ3v) is 4.96. The number of hydrogen-bond donors (Lipinski definition) is 3. The highest BCUT2D eigenvalue weighted by molar-refractivity contribution is 5.89. The van der Waals surface area contributed by atoms with E-state index in [0.29, 0.717) is 12.8 Å². The Kier molecular flexibility index (Phi) is 11.1. The van der Waals surface area contributed by atoms with Crippen LogP contribution < -0.4 is 10.6 Å². The van der Waals surface area contributed by atoms with Gasteiger partial charge in [0.25, 0.3) is 5.97 Å². The minimum Gasteiger partial charge on any atom is -0.343 e. The van der Waals surface area contributed by atoms with Crippen molar-refractivity contribution in [2.24, 2.45) is 5.92 Å². The summed E-state index contributed by atoms with van der Waals surface area (Å²) in [6.45, 7) is 1.84. The normalized spacial score (nSPS) is 12.7. The Morgan fingerprint density at radius 3 is 1.90 bits per heavy atom. The van der Waals surface area contributed by atoms with E-state index in [1.165, 1.54) is 14.2 Å². The van der Waals surface area contributed by atoms with E-state index in [9.17, 15) is 31.9 Å². The number of anilines is 1. The summed E-state index contributed by atoms with van der Waals surface area (Å²) in [7, 11) is 2.40. The van der Waals surface area contributed by atoms with Gasteiger partial charge in [0.05, 0.1) is 5.92 Å². The topological polar surface area (TPSA) is 79.8 Å². The van der Waals surface area contributed by atoms with Crippen LogP contribution in [0, 0.1) is 35.0 Å². The number of ether oxygens (including phenoxy) is 2.